The van der Waals surface area contributed by atoms with Gasteiger partial charge in [0.2, 0.25) is 5.91 Å². The molecule has 1 amide bonds. The number of benzene rings is 2. The lowest BCUT2D eigenvalue weighted by atomic mass is 10.1. The number of hydrogen-bond donors (Lipinski definition) is 1. The summed E-state index contributed by atoms with van der Waals surface area (Å²) < 4.78 is 5.87. The van der Waals surface area contributed by atoms with Crippen molar-refractivity contribution in [2.24, 2.45) is 0 Å². The lowest BCUT2D eigenvalue weighted by molar-refractivity contribution is -0.115. The first-order chi connectivity index (χ1) is 13.6. The number of carbonyl (C=O) groups is 1. The molecule has 1 fully saturated rings. The number of carbonyl (C=O) groups excluding carboxylic acids is 1. The van der Waals surface area contributed by atoms with Crippen molar-refractivity contribution >= 4 is 40.5 Å². The normalized spacial score (nSPS) is 16.8. The average molecular weight is 420 g/mol. The van der Waals surface area contributed by atoms with Crippen molar-refractivity contribution in [3.05, 3.63) is 52.0 Å². The summed E-state index contributed by atoms with van der Waals surface area (Å²) >= 11 is 12.1. The van der Waals surface area contributed by atoms with Crippen LogP contribution >= 0.6 is 23.2 Å². The van der Waals surface area contributed by atoms with Gasteiger partial charge in [-0.3, -0.25) is 9.69 Å². The molecule has 0 radical (unpaired) electrons. The van der Waals surface area contributed by atoms with Gasteiger partial charge in [-0.15, -0.1) is 0 Å². The highest BCUT2D eigenvalue weighted by molar-refractivity contribution is 6.42. The number of piperazine rings is 1. The smallest absolute Gasteiger partial charge is 0.228 e. The lowest BCUT2D eigenvalue weighted by Gasteiger charge is -2.36. The summed E-state index contributed by atoms with van der Waals surface area (Å²) in [6.45, 7) is 5.68. The molecule has 2 heterocycles. The van der Waals surface area contributed by atoms with Gasteiger partial charge in [0.15, 0.2) is 0 Å². The molecule has 2 aromatic carbocycles. The van der Waals surface area contributed by atoms with E-state index in [2.05, 4.69) is 15.1 Å². The Bertz CT molecular complexity index is 867. The highest BCUT2D eigenvalue weighted by Crippen LogP contribution is 2.28. The molecule has 0 bridgehead atoms. The standard InChI is InChI=1S/C21H23Cl2N3O2/c22-18-4-2-16(14-19(18)23)26-9-7-25(8-10-26)6-1-11-28-17-3-5-20-15(12-17)13-21(27)24-20/h2-5,12,14H,1,6-11,13H2,(H,24,27). The van der Waals surface area contributed by atoms with E-state index in [9.17, 15) is 4.79 Å². The molecular weight excluding hydrogens is 397 g/mol. The van der Waals surface area contributed by atoms with E-state index in [-0.39, 0.29) is 5.91 Å². The fourth-order valence-electron chi connectivity index (χ4n) is 3.69. The van der Waals surface area contributed by atoms with E-state index in [4.69, 9.17) is 27.9 Å². The molecule has 28 heavy (non-hydrogen) atoms. The summed E-state index contributed by atoms with van der Waals surface area (Å²) in [5.41, 5.74) is 3.04. The van der Waals surface area contributed by atoms with Crippen LogP contribution in [0.1, 0.15) is 12.0 Å². The fraction of sp³-hybridized carbons (Fsp3) is 0.381. The highest BCUT2D eigenvalue weighted by atomic mass is 35.5. The second-order valence-corrected chi connectivity index (χ2v) is 7.99. The topological polar surface area (TPSA) is 44.8 Å². The minimum Gasteiger partial charge on any atom is -0.494 e. The molecule has 4 rings (SSSR count). The van der Waals surface area contributed by atoms with Crippen molar-refractivity contribution in [3.63, 3.8) is 0 Å². The monoisotopic (exact) mass is 419 g/mol. The second-order valence-electron chi connectivity index (χ2n) is 7.17. The zero-order chi connectivity index (χ0) is 19.5. The predicted octanol–water partition coefficient (Wildman–Crippen LogP) is 4.08. The fourth-order valence-corrected chi connectivity index (χ4v) is 3.98. The molecule has 7 heteroatoms. The van der Waals surface area contributed by atoms with Crippen molar-refractivity contribution in [1.29, 1.82) is 0 Å². The first-order valence-corrected chi connectivity index (χ1v) is 10.3. The number of halogens is 2. The first-order valence-electron chi connectivity index (χ1n) is 9.56. The van der Waals surface area contributed by atoms with E-state index < -0.39 is 0 Å². The summed E-state index contributed by atoms with van der Waals surface area (Å²) in [6, 6.07) is 11.6. The summed E-state index contributed by atoms with van der Waals surface area (Å²) in [5, 5.41) is 4.03. The Morgan fingerprint density at radius 1 is 1.00 bits per heavy atom. The molecule has 0 aliphatic carbocycles. The van der Waals surface area contributed by atoms with Crippen molar-refractivity contribution in [1.82, 2.24) is 4.90 Å². The third-order valence-corrected chi connectivity index (χ3v) is 5.97. The Morgan fingerprint density at radius 3 is 2.61 bits per heavy atom. The van der Waals surface area contributed by atoms with E-state index in [1.165, 1.54) is 0 Å². The molecule has 5 nitrogen and oxygen atoms in total. The number of nitrogens with zero attached hydrogens (tertiary/aromatic N) is 2. The Kier molecular flexibility index (Phi) is 5.95. The second kappa shape index (κ2) is 8.60. The van der Waals surface area contributed by atoms with Gasteiger partial charge in [-0.05, 0) is 48.4 Å². The Balaban J connectivity index is 1.18. The molecule has 0 unspecified atom stereocenters. The molecule has 0 atom stereocenters. The van der Waals surface area contributed by atoms with Gasteiger partial charge in [-0.25, -0.2) is 0 Å². The van der Waals surface area contributed by atoms with Crippen LogP contribution in [0.2, 0.25) is 10.0 Å². The van der Waals surface area contributed by atoms with Crippen LogP contribution in [0.4, 0.5) is 11.4 Å². The molecule has 0 aromatic heterocycles. The van der Waals surface area contributed by atoms with Crippen molar-refractivity contribution < 1.29 is 9.53 Å². The van der Waals surface area contributed by atoms with Crippen LogP contribution in [-0.4, -0.2) is 50.1 Å². The van der Waals surface area contributed by atoms with Gasteiger partial charge in [0.05, 0.1) is 23.1 Å². The molecule has 0 saturated carbocycles. The predicted molar refractivity (Wildman–Crippen MR) is 114 cm³/mol. The Hall–Kier alpha value is -1.95. The van der Waals surface area contributed by atoms with Crippen LogP contribution in [0.5, 0.6) is 5.75 Å². The van der Waals surface area contributed by atoms with Crippen LogP contribution in [0, 0.1) is 0 Å². The van der Waals surface area contributed by atoms with E-state index in [0.717, 1.165) is 61.8 Å². The maximum absolute atomic E-state index is 11.4. The molecule has 0 spiro atoms. The van der Waals surface area contributed by atoms with Gasteiger partial charge >= 0.3 is 0 Å². The van der Waals surface area contributed by atoms with Crippen LogP contribution in [0.25, 0.3) is 0 Å². The molecule has 1 saturated heterocycles. The van der Waals surface area contributed by atoms with Gasteiger partial charge in [-0.2, -0.15) is 0 Å². The number of nitrogens with one attached hydrogen (secondary N) is 1. The Morgan fingerprint density at radius 2 is 1.82 bits per heavy atom. The van der Waals surface area contributed by atoms with Crippen LogP contribution < -0.4 is 15.0 Å². The molecule has 2 aliphatic rings. The SMILES string of the molecule is O=C1Cc2cc(OCCCN3CCN(c4ccc(Cl)c(Cl)c4)CC3)ccc2N1. The van der Waals surface area contributed by atoms with E-state index in [1.807, 2.05) is 36.4 Å². The third kappa shape index (κ3) is 4.54. The number of anilines is 2. The van der Waals surface area contributed by atoms with Crippen LogP contribution in [-0.2, 0) is 11.2 Å². The maximum atomic E-state index is 11.4. The number of amides is 1. The molecule has 2 aliphatic heterocycles. The van der Waals surface area contributed by atoms with E-state index in [1.54, 1.807) is 0 Å². The number of hydrogen-bond acceptors (Lipinski definition) is 4. The first kappa shape index (κ1) is 19.4. The quantitative estimate of drug-likeness (QED) is 0.716. The number of fused-ring (bicyclic) bond motifs is 1. The zero-order valence-corrected chi connectivity index (χ0v) is 17.1. The summed E-state index contributed by atoms with van der Waals surface area (Å²) in [4.78, 5) is 16.2. The number of ether oxygens (including phenoxy) is 1. The third-order valence-electron chi connectivity index (χ3n) is 5.23. The maximum Gasteiger partial charge on any atom is 0.228 e. The summed E-state index contributed by atoms with van der Waals surface area (Å²) in [6.07, 6.45) is 1.41. The largest absolute Gasteiger partial charge is 0.494 e. The van der Waals surface area contributed by atoms with Gasteiger partial charge in [0.1, 0.15) is 5.75 Å². The zero-order valence-electron chi connectivity index (χ0n) is 15.6. The summed E-state index contributed by atoms with van der Waals surface area (Å²) in [7, 11) is 0. The van der Waals surface area contributed by atoms with Gasteiger partial charge in [0.25, 0.3) is 0 Å². The van der Waals surface area contributed by atoms with Crippen molar-refractivity contribution in [2.75, 3.05) is 49.5 Å². The lowest BCUT2D eigenvalue weighted by Crippen LogP contribution is -2.46. The molecule has 148 valence electrons. The molecule has 2 aromatic rings. The van der Waals surface area contributed by atoms with Gasteiger partial charge < -0.3 is 15.0 Å². The number of rotatable bonds is 6. The molecule has 1 N–H and O–H groups in total. The van der Waals surface area contributed by atoms with Crippen LogP contribution in [0.3, 0.4) is 0 Å². The van der Waals surface area contributed by atoms with E-state index >= 15 is 0 Å². The van der Waals surface area contributed by atoms with Gasteiger partial charge in [0, 0.05) is 44.1 Å². The summed E-state index contributed by atoms with van der Waals surface area (Å²) in [5.74, 6) is 0.881. The average Bonchev–Trinajstić information content (AvgIpc) is 3.07. The minimum absolute atomic E-state index is 0.0483. The van der Waals surface area contributed by atoms with Crippen LogP contribution in [0.15, 0.2) is 36.4 Å². The minimum atomic E-state index is 0.0483. The van der Waals surface area contributed by atoms with Gasteiger partial charge in [-0.1, -0.05) is 23.2 Å². The highest BCUT2D eigenvalue weighted by Gasteiger charge is 2.19. The van der Waals surface area contributed by atoms with Crippen molar-refractivity contribution in [3.8, 4) is 5.75 Å². The molecular formula is C21H23Cl2N3O2. The Labute approximate surface area is 175 Å². The van der Waals surface area contributed by atoms with Crippen molar-refractivity contribution in [2.45, 2.75) is 12.8 Å². The van der Waals surface area contributed by atoms with E-state index in [0.29, 0.717) is 23.1 Å².